The van der Waals surface area contributed by atoms with Crippen molar-refractivity contribution in [2.45, 2.75) is 6.54 Å². The Labute approximate surface area is 113 Å². The molecule has 0 spiro atoms. The van der Waals surface area contributed by atoms with Crippen molar-refractivity contribution < 1.29 is 4.74 Å². The number of rotatable bonds is 4. The predicted octanol–water partition coefficient (Wildman–Crippen LogP) is 2.27. The molecule has 1 aromatic carbocycles. The van der Waals surface area contributed by atoms with Crippen LogP contribution in [-0.4, -0.2) is 11.2 Å². The standard InChI is InChI=1S/C13H13BrN2O2/c14-12-2-1-7-16(13(12)17)8-9-18-11-5-3-10(15)4-6-11/h1-7H,8-9,15H2. The summed E-state index contributed by atoms with van der Waals surface area (Å²) in [6, 6.07) is 10.7. The topological polar surface area (TPSA) is 57.2 Å². The lowest BCUT2D eigenvalue weighted by Crippen LogP contribution is -2.22. The molecule has 0 saturated carbocycles. The molecule has 94 valence electrons. The summed E-state index contributed by atoms with van der Waals surface area (Å²) in [5.74, 6) is 0.743. The van der Waals surface area contributed by atoms with Gasteiger partial charge in [0.05, 0.1) is 11.0 Å². The van der Waals surface area contributed by atoms with Gasteiger partial charge >= 0.3 is 0 Å². The van der Waals surface area contributed by atoms with Crippen molar-refractivity contribution in [2.75, 3.05) is 12.3 Å². The van der Waals surface area contributed by atoms with Gasteiger partial charge in [0.25, 0.3) is 5.56 Å². The zero-order chi connectivity index (χ0) is 13.0. The minimum absolute atomic E-state index is 0.0570. The molecule has 2 N–H and O–H groups in total. The van der Waals surface area contributed by atoms with Crippen LogP contribution >= 0.6 is 15.9 Å². The molecule has 2 rings (SSSR count). The molecule has 0 bridgehead atoms. The maximum absolute atomic E-state index is 11.7. The van der Waals surface area contributed by atoms with E-state index >= 15 is 0 Å². The lowest BCUT2D eigenvalue weighted by Gasteiger charge is -2.08. The summed E-state index contributed by atoms with van der Waals surface area (Å²) in [6.07, 6.45) is 1.74. The molecule has 0 aliphatic carbocycles. The minimum Gasteiger partial charge on any atom is -0.492 e. The van der Waals surface area contributed by atoms with E-state index < -0.39 is 0 Å². The van der Waals surface area contributed by atoms with Gasteiger partial charge in [-0.1, -0.05) is 0 Å². The SMILES string of the molecule is Nc1ccc(OCCn2cccc(Br)c2=O)cc1. The number of ether oxygens (including phenoxy) is 1. The van der Waals surface area contributed by atoms with Crippen molar-refractivity contribution in [3.63, 3.8) is 0 Å². The summed E-state index contributed by atoms with van der Waals surface area (Å²) in [6.45, 7) is 0.933. The number of halogens is 1. The summed E-state index contributed by atoms with van der Waals surface area (Å²) in [7, 11) is 0. The van der Waals surface area contributed by atoms with Crippen LogP contribution in [0.2, 0.25) is 0 Å². The van der Waals surface area contributed by atoms with E-state index in [1.807, 2.05) is 6.07 Å². The van der Waals surface area contributed by atoms with Crippen molar-refractivity contribution >= 4 is 21.6 Å². The molecule has 0 aliphatic rings. The third-order valence-electron chi connectivity index (χ3n) is 2.45. The molecule has 1 aromatic heterocycles. The number of pyridine rings is 1. The molecular formula is C13H13BrN2O2. The van der Waals surface area contributed by atoms with Gasteiger partial charge in [-0.2, -0.15) is 0 Å². The number of nitrogen functional groups attached to an aromatic ring is 1. The second kappa shape index (κ2) is 5.73. The highest BCUT2D eigenvalue weighted by Gasteiger charge is 2.00. The maximum Gasteiger partial charge on any atom is 0.264 e. The van der Waals surface area contributed by atoms with Crippen LogP contribution in [0.25, 0.3) is 0 Å². The minimum atomic E-state index is -0.0570. The van der Waals surface area contributed by atoms with Crippen molar-refractivity contribution in [3.8, 4) is 5.75 Å². The van der Waals surface area contributed by atoms with E-state index in [-0.39, 0.29) is 5.56 Å². The van der Waals surface area contributed by atoms with E-state index in [1.54, 1.807) is 41.1 Å². The number of benzene rings is 1. The highest BCUT2D eigenvalue weighted by Crippen LogP contribution is 2.12. The number of aromatic nitrogens is 1. The fraction of sp³-hybridized carbons (Fsp3) is 0.154. The fourth-order valence-electron chi connectivity index (χ4n) is 1.51. The molecule has 0 unspecified atom stereocenters. The van der Waals surface area contributed by atoms with E-state index in [1.165, 1.54) is 0 Å². The normalized spacial score (nSPS) is 10.3. The molecule has 0 atom stereocenters. The van der Waals surface area contributed by atoms with Gasteiger partial charge in [0.1, 0.15) is 12.4 Å². The summed E-state index contributed by atoms with van der Waals surface area (Å²) >= 11 is 3.20. The first-order chi connectivity index (χ1) is 8.66. The zero-order valence-corrected chi connectivity index (χ0v) is 11.3. The molecule has 0 amide bonds. The lowest BCUT2D eigenvalue weighted by molar-refractivity contribution is 0.296. The molecule has 2 aromatic rings. The molecule has 0 aliphatic heterocycles. The van der Waals surface area contributed by atoms with Gasteiger partial charge in [0, 0.05) is 11.9 Å². The van der Waals surface area contributed by atoms with Crippen LogP contribution in [0.4, 0.5) is 5.69 Å². The Morgan fingerprint density at radius 2 is 1.94 bits per heavy atom. The van der Waals surface area contributed by atoms with Gasteiger partial charge in [-0.15, -0.1) is 0 Å². The average Bonchev–Trinajstić information content (AvgIpc) is 2.37. The van der Waals surface area contributed by atoms with E-state index in [9.17, 15) is 4.79 Å². The van der Waals surface area contributed by atoms with Crippen molar-refractivity contribution in [3.05, 3.63) is 57.4 Å². The van der Waals surface area contributed by atoms with Crippen LogP contribution in [-0.2, 0) is 6.54 Å². The van der Waals surface area contributed by atoms with Crippen molar-refractivity contribution in [2.24, 2.45) is 0 Å². The van der Waals surface area contributed by atoms with Crippen LogP contribution in [0.15, 0.2) is 51.9 Å². The van der Waals surface area contributed by atoms with E-state index in [0.29, 0.717) is 23.3 Å². The second-order valence-electron chi connectivity index (χ2n) is 3.77. The van der Waals surface area contributed by atoms with Crippen LogP contribution in [0.3, 0.4) is 0 Å². The first-order valence-corrected chi connectivity index (χ1v) is 6.29. The van der Waals surface area contributed by atoms with Gasteiger partial charge in [-0.05, 0) is 52.3 Å². The number of hydrogen-bond acceptors (Lipinski definition) is 3. The molecule has 18 heavy (non-hydrogen) atoms. The summed E-state index contributed by atoms with van der Waals surface area (Å²) < 4.78 is 7.68. The van der Waals surface area contributed by atoms with Gasteiger partial charge in [-0.25, -0.2) is 0 Å². The van der Waals surface area contributed by atoms with Crippen LogP contribution in [0.1, 0.15) is 0 Å². The third-order valence-corrected chi connectivity index (χ3v) is 3.06. The van der Waals surface area contributed by atoms with Gasteiger partial charge < -0.3 is 15.0 Å². The molecule has 5 heteroatoms. The summed E-state index contributed by atoms with van der Waals surface area (Å²) in [5.41, 5.74) is 6.22. The molecule has 0 fully saturated rings. The van der Waals surface area contributed by atoms with Crippen molar-refractivity contribution in [1.29, 1.82) is 0 Å². The molecule has 1 heterocycles. The zero-order valence-electron chi connectivity index (χ0n) is 9.67. The van der Waals surface area contributed by atoms with Gasteiger partial charge in [0.2, 0.25) is 0 Å². The second-order valence-corrected chi connectivity index (χ2v) is 4.63. The molecule has 4 nitrogen and oxygen atoms in total. The average molecular weight is 309 g/mol. The van der Waals surface area contributed by atoms with Crippen LogP contribution in [0.5, 0.6) is 5.75 Å². The smallest absolute Gasteiger partial charge is 0.264 e. The fourth-order valence-corrected chi connectivity index (χ4v) is 1.89. The number of nitrogens with zero attached hydrogens (tertiary/aromatic N) is 1. The van der Waals surface area contributed by atoms with Crippen molar-refractivity contribution in [1.82, 2.24) is 4.57 Å². The van der Waals surface area contributed by atoms with Crippen LogP contribution in [0, 0.1) is 0 Å². The monoisotopic (exact) mass is 308 g/mol. The Morgan fingerprint density at radius 1 is 1.22 bits per heavy atom. The Balaban J connectivity index is 1.94. The Morgan fingerprint density at radius 3 is 2.67 bits per heavy atom. The van der Waals surface area contributed by atoms with E-state index in [4.69, 9.17) is 10.5 Å². The summed E-state index contributed by atoms with van der Waals surface area (Å²) in [5, 5.41) is 0. The molecule has 0 saturated heterocycles. The third kappa shape index (κ3) is 3.13. The largest absolute Gasteiger partial charge is 0.492 e. The Hall–Kier alpha value is -1.75. The van der Waals surface area contributed by atoms with E-state index in [0.717, 1.165) is 5.75 Å². The summed E-state index contributed by atoms with van der Waals surface area (Å²) in [4.78, 5) is 11.7. The first-order valence-electron chi connectivity index (χ1n) is 5.50. The quantitative estimate of drug-likeness (QED) is 0.882. The van der Waals surface area contributed by atoms with Gasteiger partial charge in [0.15, 0.2) is 0 Å². The Bertz CT molecular complexity index is 578. The lowest BCUT2D eigenvalue weighted by atomic mass is 10.3. The van der Waals surface area contributed by atoms with Gasteiger partial charge in [-0.3, -0.25) is 4.79 Å². The predicted molar refractivity (Wildman–Crippen MR) is 74.8 cm³/mol. The highest BCUT2D eigenvalue weighted by atomic mass is 79.9. The first kappa shape index (κ1) is 12.7. The molecular weight excluding hydrogens is 296 g/mol. The number of hydrogen-bond donors (Lipinski definition) is 1. The number of anilines is 1. The maximum atomic E-state index is 11.7. The number of nitrogens with two attached hydrogens (primary N) is 1. The van der Waals surface area contributed by atoms with Crippen LogP contribution < -0.4 is 16.0 Å². The highest BCUT2D eigenvalue weighted by molar-refractivity contribution is 9.10. The Kier molecular flexibility index (Phi) is 4.04. The molecule has 0 radical (unpaired) electrons. The van der Waals surface area contributed by atoms with E-state index in [2.05, 4.69) is 15.9 Å².